The number of nitrogens with zero attached hydrogens (tertiary/aromatic N) is 2. The van der Waals surface area contributed by atoms with Gasteiger partial charge in [0.1, 0.15) is 0 Å². The number of hydrogen-bond acceptors (Lipinski definition) is 3. The lowest BCUT2D eigenvalue weighted by molar-refractivity contribution is -0.428. The minimum atomic E-state index is -0.903. The number of benzene rings is 2. The van der Waals surface area contributed by atoms with E-state index in [0.29, 0.717) is 5.57 Å². The molecule has 0 fully saturated rings. The highest BCUT2D eigenvalue weighted by Crippen LogP contribution is 2.49. The van der Waals surface area contributed by atoms with Crippen LogP contribution in [0.4, 0.5) is 11.4 Å². The van der Waals surface area contributed by atoms with Gasteiger partial charge in [0.25, 0.3) is 0 Å². The van der Waals surface area contributed by atoms with Gasteiger partial charge >= 0.3 is 5.97 Å². The summed E-state index contributed by atoms with van der Waals surface area (Å²) in [5.74, 6) is -0.886. The summed E-state index contributed by atoms with van der Waals surface area (Å²) in [5.41, 5.74) is 8.16. The zero-order valence-corrected chi connectivity index (χ0v) is 22.6. The average Bonchev–Trinajstić information content (AvgIpc) is 3.20. The fourth-order valence-corrected chi connectivity index (χ4v) is 6.16. The number of ketones is 1. The van der Waals surface area contributed by atoms with Crippen LogP contribution in [0.1, 0.15) is 59.1 Å². The van der Waals surface area contributed by atoms with Crippen LogP contribution in [-0.4, -0.2) is 40.2 Å². The minimum Gasteiger partial charge on any atom is -0.477 e. The number of rotatable bonds is 6. The highest BCUT2D eigenvalue weighted by atomic mass is 16.4. The van der Waals surface area contributed by atoms with Gasteiger partial charge in [-0.15, -0.1) is 0 Å². The Balaban J connectivity index is 1.60. The van der Waals surface area contributed by atoms with E-state index >= 15 is 0 Å². The predicted octanol–water partition coefficient (Wildman–Crippen LogP) is 6.06. The fourth-order valence-electron chi connectivity index (χ4n) is 6.16. The molecule has 0 aromatic heterocycles. The van der Waals surface area contributed by atoms with Crippen LogP contribution in [0, 0.1) is 0 Å². The van der Waals surface area contributed by atoms with Crippen molar-refractivity contribution in [2.24, 2.45) is 0 Å². The molecule has 1 aliphatic carbocycles. The van der Waals surface area contributed by atoms with Crippen molar-refractivity contribution in [2.75, 3.05) is 18.0 Å². The molecule has 0 spiro atoms. The van der Waals surface area contributed by atoms with Gasteiger partial charge in [-0.1, -0.05) is 57.2 Å². The Kier molecular flexibility index (Phi) is 5.86. The van der Waals surface area contributed by atoms with Crippen LogP contribution in [0.25, 0.3) is 0 Å². The first-order valence-electron chi connectivity index (χ1n) is 13.0. The van der Waals surface area contributed by atoms with Crippen LogP contribution < -0.4 is 4.90 Å². The third-order valence-electron chi connectivity index (χ3n) is 8.20. The number of allylic oxidation sites excluding steroid dienone is 6. The van der Waals surface area contributed by atoms with Crippen molar-refractivity contribution in [3.63, 3.8) is 0 Å². The third kappa shape index (κ3) is 3.71. The number of fused-ring (bicyclic) bond motifs is 2. The monoisotopic (exact) mass is 495 g/mol. The molecule has 37 heavy (non-hydrogen) atoms. The largest absolute Gasteiger partial charge is 0.477 e. The Hall–Kier alpha value is -3.73. The molecule has 0 atom stereocenters. The number of aliphatic carboxylic acids is 1. The summed E-state index contributed by atoms with van der Waals surface area (Å²) < 4.78 is 1.83. The summed E-state index contributed by atoms with van der Waals surface area (Å²) in [5, 5.41) is 9.63. The van der Waals surface area contributed by atoms with E-state index in [2.05, 4.69) is 69.9 Å². The van der Waals surface area contributed by atoms with Gasteiger partial charge in [0.2, 0.25) is 12.2 Å². The van der Waals surface area contributed by atoms with E-state index in [-0.39, 0.29) is 17.7 Å². The lowest BCUT2D eigenvalue weighted by atomic mass is 9.75. The number of carboxylic acid groups (broad SMARTS) is 1. The van der Waals surface area contributed by atoms with Gasteiger partial charge in [-0.25, -0.2) is 4.79 Å². The Morgan fingerprint density at radius 2 is 1.62 bits per heavy atom. The zero-order chi connectivity index (χ0) is 26.7. The number of hydrogen-bond donors (Lipinski definition) is 1. The predicted molar refractivity (Wildman–Crippen MR) is 148 cm³/mol. The van der Waals surface area contributed by atoms with E-state index in [1.54, 1.807) is 0 Å². The number of Topliss-reactive ketones (excluding diaryl/α,β-unsaturated/α-hetero) is 1. The van der Waals surface area contributed by atoms with Gasteiger partial charge < -0.3 is 10.0 Å². The topological polar surface area (TPSA) is 60.6 Å². The van der Waals surface area contributed by atoms with E-state index in [1.807, 2.05) is 41.8 Å². The van der Waals surface area contributed by atoms with Crippen LogP contribution in [-0.2, 0) is 20.4 Å². The average molecular weight is 496 g/mol. The first-order chi connectivity index (χ1) is 17.5. The molecule has 0 saturated heterocycles. The number of para-hydroxylation sites is 2. The molecule has 2 aromatic rings. The van der Waals surface area contributed by atoms with E-state index in [0.717, 1.165) is 46.8 Å². The Morgan fingerprint density at radius 1 is 0.973 bits per heavy atom. The lowest BCUT2D eigenvalue weighted by Gasteiger charge is -2.30. The van der Waals surface area contributed by atoms with Crippen LogP contribution in [0.2, 0.25) is 0 Å². The van der Waals surface area contributed by atoms with Gasteiger partial charge in [0, 0.05) is 52.2 Å². The third-order valence-corrected chi connectivity index (χ3v) is 8.20. The molecule has 190 valence electrons. The standard InChI is InChI=1S/C32H34N2O3/c1-7-16-33-25-14-10-8-12-23(25)31(3,4)27(33)17-21-20(2)22(30(21)37)18-28-32(5,6)24-13-9-11-15-26(24)34(28)19-29(35)36/h8-15,17-18H,7,16,19H2,1-6H3/p+1. The van der Waals surface area contributed by atoms with Crippen molar-refractivity contribution in [1.29, 1.82) is 0 Å². The Labute approximate surface area is 219 Å². The second-order valence-corrected chi connectivity index (χ2v) is 11.3. The van der Waals surface area contributed by atoms with Crippen molar-refractivity contribution in [3.8, 4) is 0 Å². The van der Waals surface area contributed by atoms with Crippen molar-refractivity contribution >= 4 is 28.8 Å². The van der Waals surface area contributed by atoms with Crippen LogP contribution in [0.5, 0.6) is 0 Å². The Morgan fingerprint density at radius 3 is 2.27 bits per heavy atom. The van der Waals surface area contributed by atoms with Crippen LogP contribution in [0.15, 0.2) is 83.1 Å². The molecule has 5 heteroatoms. The van der Waals surface area contributed by atoms with Crippen LogP contribution in [0.3, 0.4) is 0 Å². The van der Waals surface area contributed by atoms with Crippen molar-refractivity contribution in [3.05, 3.63) is 94.2 Å². The van der Waals surface area contributed by atoms with E-state index in [1.165, 1.54) is 11.3 Å². The lowest BCUT2D eigenvalue weighted by Crippen LogP contribution is -2.32. The summed E-state index contributed by atoms with van der Waals surface area (Å²) in [6.07, 6.45) is 5.01. The van der Waals surface area contributed by atoms with Gasteiger partial charge in [0.05, 0.1) is 5.41 Å². The highest BCUT2D eigenvalue weighted by molar-refractivity contribution is 6.24. The van der Waals surface area contributed by atoms with Crippen molar-refractivity contribution < 1.29 is 19.3 Å². The summed E-state index contributed by atoms with van der Waals surface area (Å²) in [7, 11) is 0. The summed E-state index contributed by atoms with van der Waals surface area (Å²) in [6.45, 7) is 13.5. The number of carboxylic acids is 1. The minimum absolute atomic E-state index is 0.0164. The van der Waals surface area contributed by atoms with Crippen molar-refractivity contribution in [1.82, 2.24) is 0 Å². The smallest absolute Gasteiger partial charge is 0.370 e. The van der Waals surface area contributed by atoms with E-state index in [4.69, 9.17) is 0 Å². The fraction of sp³-hybridized carbons (Fsp3) is 0.344. The maximum absolute atomic E-state index is 13.6. The first kappa shape index (κ1) is 24.9. The van der Waals surface area contributed by atoms with E-state index in [9.17, 15) is 14.7 Å². The Bertz CT molecular complexity index is 1470. The summed E-state index contributed by atoms with van der Waals surface area (Å²) in [6, 6.07) is 16.4. The molecule has 1 N–H and O–H groups in total. The molecular weight excluding hydrogens is 460 g/mol. The SMILES string of the molecule is CCCN1C(=CC2=C(C)C(=CC3=[N+](CC(=O)O)c4ccccc4C3(C)C)C2=O)C(C)(C)c2ccccc21. The molecule has 0 unspecified atom stereocenters. The molecule has 3 aliphatic rings. The zero-order valence-electron chi connectivity index (χ0n) is 22.6. The molecule has 2 aromatic carbocycles. The normalized spacial score (nSPS) is 21.6. The quantitative estimate of drug-likeness (QED) is 0.391. The van der Waals surface area contributed by atoms with Gasteiger partial charge in [-0.3, -0.25) is 4.79 Å². The van der Waals surface area contributed by atoms with E-state index < -0.39 is 11.4 Å². The second-order valence-electron chi connectivity index (χ2n) is 11.3. The molecule has 5 nitrogen and oxygen atoms in total. The summed E-state index contributed by atoms with van der Waals surface area (Å²) >= 11 is 0. The summed E-state index contributed by atoms with van der Waals surface area (Å²) in [4.78, 5) is 27.7. The number of anilines is 1. The molecule has 2 heterocycles. The van der Waals surface area contributed by atoms with Gasteiger partial charge in [-0.2, -0.15) is 4.58 Å². The number of carbonyl (C=O) groups is 2. The number of carbonyl (C=O) groups excluding carboxylic acids is 1. The second kappa shape index (κ2) is 8.69. The van der Waals surface area contributed by atoms with Gasteiger partial charge in [-0.05, 0) is 50.5 Å². The molecule has 0 radical (unpaired) electrons. The van der Waals surface area contributed by atoms with Gasteiger partial charge in [0.15, 0.2) is 11.5 Å². The van der Waals surface area contributed by atoms with Crippen LogP contribution >= 0.6 is 0 Å². The molecule has 5 rings (SSSR count). The molecule has 0 bridgehead atoms. The van der Waals surface area contributed by atoms with Crippen molar-refractivity contribution in [2.45, 2.75) is 58.8 Å². The highest BCUT2D eigenvalue weighted by Gasteiger charge is 2.47. The maximum Gasteiger partial charge on any atom is 0.370 e. The molecule has 0 amide bonds. The molecular formula is C32H35N2O3+. The molecule has 0 saturated carbocycles. The first-order valence-corrected chi connectivity index (χ1v) is 13.0. The maximum atomic E-state index is 13.6. The molecule has 2 aliphatic heterocycles.